The highest BCUT2D eigenvalue weighted by Gasteiger charge is 1.93. The second-order valence-electron chi connectivity index (χ2n) is 3.87. The van der Waals surface area contributed by atoms with Gasteiger partial charge in [-0.2, -0.15) is 0 Å². The number of hydrogen-bond acceptors (Lipinski definition) is 3. The molecule has 0 aromatic carbocycles. The van der Waals surface area contributed by atoms with Gasteiger partial charge in [0.05, 0.1) is 39.3 Å². The topological polar surface area (TPSA) is 8.88 Å². The van der Waals surface area contributed by atoms with Crippen LogP contribution in [0.15, 0.2) is 0 Å². The summed E-state index contributed by atoms with van der Waals surface area (Å²) in [6.07, 6.45) is 0. The second-order valence-corrected chi connectivity index (χ2v) is 5.87. The van der Waals surface area contributed by atoms with Crippen LogP contribution < -0.4 is 9.80 Å². The molecule has 0 heterocycles. The smallest absolute Gasteiger partial charge is 0.0742 e. The molecule has 0 aliphatic rings. The number of thiocarbonyl (C=S) groups is 1. The second kappa shape index (κ2) is 19.8. The Kier molecular flexibility index (Phi) is 25.9. The molecule has 0 saturated heterocycles. The van der Waals surface area contributed by atoms with E-state index in [1.165, 1.54) is 39.3 Å². The molecule has 0 fully saturated rings. The van der Waals surface area contributed by atoms with Crippen molar-refractivity contribution in [1.29, 1.82) is 0 Å². The normalized spacial score (nSPS) is 9.33. The van der Waals surface area contributed by atoms with Gasteiger partial charge < -0.3 is 47.3 Å². The van der Waals surface area contributed by atoms with Gasteiger partial charge in [0.15, 0.2) is 0 Å². The molecule has 0 atom stereocenters. The molecule has 18 heavy (non-hydrogen) atoms. The van der Waals surface area contributed by atoms with E-state index in [0.29, 0.717) is 0 Å². The van der Waals surface area contributed by atoms with Crippen LogP contribution in [-0.4, -0.2) is 42.8 Å². The summed E-state index contributed by atoms with van der Waals surface area (Å²) in [5, 5.41) is 0. The molecule has 0 aromatic rings. The molecule has 5 heteroatoms. The summed E-state index contributed by atoms with van der Waals surface area (Å²) in [5.41, 5.74) is 0. The first-order chi connectivity index (χ1) is 8.42. The Balaban J connectivity index is -0.000000196. The molecule has 0 unspecified atom stereocenters. The van der Waals surface area contributed by atoms with Crippen molar-refractivity contribution in [3.63, 3.8) is 0 Å². The molecule has 2 N–H and O–H groups in total. The van der Waals surface area contributed by atoms with Crippen LogP contribution in [0.3, 0.4) is 0 Å². The van der Waals surface area contributed by atoms with Crippen molar-refractivity contribution in [2.45, 2.75) is 41.5 Å². The van der Waals surface area contributed by atoms with Crippen molar-refractivity contribution in [1.82, 2.24) is 0 Å². The number of rotatable bonds is 6. The van der Waals surface area contributed by atoms with Crippen molar-refractivity contribution < 1.29 is 9.80 Å². The first-order valence-corrected chi connectivity index (χ1v) is 8.20. The molecule has 112 valence electrons. The van der Waals surface area contributed by atoms with E-state index in [1.54, 1.807) is 9.80 Å². The van der Waals surface area contributed by atoms with Crippen molar-refractivity contribution in [3.05, 3.63) is 0 Å². The lowest BCUT2D eigenvalue weighted by Gasteiger charge is -2.10. The van der Waals surface area contributed by atoms with E-state index in [4.69, 9.17) is 0 Å². The summed E-state index contributed by atoms with van der Waals surface area (Å²) >= 11 is 12.5. The van der Waals surface area contributed by atoms with E-state index < -0.39 is 0 Å². The third kappa shape index (κ3) is 25.3. The Morgan fingerprint density at radius 1 is 0.667 bits per heavy atom. The van der Waals surface area contributed by atoms with Gasteiger partial charge in [-0.05, 0) is 41.5 Å². The van der Waals surface area contributed by atoms with E-state index in [0.717, 1.165) is 0 Å². The first kappa shape index (κ1) is 23.5. The van der Waals surface area contributed by atoms with Crippen LogP contribution in [0.25, 0.3) is 0 Å². The van der Waals surface area contributed by atoms with Gasteiger partial charge in [0.25, 0.3) is 0 Å². The molecule has 0 rings (SSSR count). The minimum atomic E-state index is 0.167. The average Bonchev–Trinajstić information content (AvgIpc) is 2.34. The van der Waals surface area contributed by atoms with Gasteiger partial charge in [-0.15, -0.1) is 0 Å². The van der Waals surface area contributed by atoms with Gasteiger partial charge >= 0.3 is 0 Å². The van der Waals surface area contributed by atoms with Crippen LogP contribution in [0, 0.1) is 0 Å². The largest absolute Gasteiger partial charge is 0.570 e. The van der Waals surface area contributed by atoms with Crippen LogP contribution in [-0.2, 0) is 25.3 Å². The summed E-state index contributed by atoms with van der Waals surface area (Å²) in [7, 11) is 0. The van der Waals surface area contributed by atoms with E-state index in [9.17, 15) is 0 Å². The predicted molar refractivity (Wildman–Crippen MR) is 92.5 cm³/mol. The summed E-state index contributed by atoms with van der Waals surface area (Å²) in [4.78, 5) is 3.36. The highest BCUT2D eigenvalue weighted by molar-refractivity contribution is 8.21. The van der Waals surface area contributed by atoms with Crippen molar-refractivity contribution in [3.8, 4) is 0 Å². The van der Waals surface area contributed by atoms with Gasteiger partial charge in [0.1, 0.15) is 0 Å². The van der Waals surface area contributed by atoms with Gasteiger partial charge in [-0.3, -0.25) is 3.53 Å². The quantitative estimate of drug-likeness (QED) is 0.537. The number of quaternary nitrogens is 2. The molecule has 0 spiro atoms. The van der Waals surface area contributed by atoms with Crippen LogP contribution in [0.5, 0.6) is 0 Å². The maximum Gasteiger partial charge on any atom is 0.0742 e. The van der Waals surface area contributed by atoms with Crippen molar-refractivity contribution >= 4 is 41.0 Å². The third-order valence-electron chi connectivity index (χ3n) is 3.00. The lowest BCUT2D eigenvalue weighted by atomic mass is 10.5. The number of nitrogens with one attached hydrogen (secondary N) is 2. The van der Waals surface area contributed by atoms with Crippen LogP contribution in [0.1, 0.15) is 41.5 Å². The standard InChI is InChI=1S/2C6H15N.CH2S3/c2*1-4-7(5-2)6-3;2-1(3)4/h2*4-6H2,1-3H3;(H2,2,3,4). The van der Waals surface area contributed by atoms with Gasteiger partial charge in [0.2, 0.25) is 0 Å². The minimum absolute atomic E-state index is 0.167. The fourth-order valence-corrected chi connectivity index (χ4v) is 1.50. The zero-order chi connectivity index (χ0) is 15.0. The van der Waals surface area contributed by atoms with Gasteiger partial charge in [-0.25, -0.2) is 0 Å². The van der Waals surface area contributed by atoms with E-state index in [2.05, 4.69) is 79.0 Å². The minimum Gasteiger partial charge on any atom is -0.570 e. The predicted octanol–water partition coefficient (Wildman–Crippen LogP) is 0.227. The van der Waals surface area contributed by atoms with E-state index >= 15 is 0 Å². The third-order valence-corrected chi connectivity index (χ3v) is 3.00. The molecule has 0 saturated carbocycles. The molecule has 0 radical (unpaired) electrons. The van der Waals surface area contributed by atoms with Gasteiger partial charge in [-0.1, -0.05) is 0 Å². The Labute approximate surface area is 131 Å². The Bertz CT molecular complexity index is 131. The van der Waals surface area contributed by atoms with Gasteiger partial charge in [0, 0.05) is 0 Å². The summed E-state index contributed by atoms with van der Waals surface area (Å²) < 4.78 is 0.167. The first-order valence-electron chi connectivity index (χ1n) is 6.98. The zero-order valence-electron chi connectivity index (χ0n) is 13.0. The molecule has 0 aliphatic heterocycles. The highest BCUT2D eigenvalue weighted by Crippen LogP contribution is 1.56. The Morgan fingerprint density at radius 2 is 0.778 bits per heavy atom. The van der Waals surface area contributed by atoms with Crippen molar-refractivity contribution in [2.75, 3.05) is 39.3 Å². The number of hydrogen-bond donors (Lipinski definition) is 2. The average molecular weight is 313 g/mol. The Morgan fingerprint density at radius 3 is 0.778 bits per heavy atom. The molecule has 2 nitrogen and oxygen atoms in total. The molecular weight excluding hydrogens is 280 g/mol. The Hall–Kier alpha value is 0.450. The lowest BCUT2D eigenvalue weighted by molar-refractivity contribution is -0.894. The molecular formula is C13H32N2S3. The molecule has 0 amide bonds. The maximum atomic E-state index is 4.17. The SMILES string of the molecule is CC[NH+](CC)CC.CC[NH+](CC)CC.S=C([S-])[S-]. The van der Waals surface area contributed by atoms with Crippen LogP contribution in [0.4, 0.5) is 0 Å². The molecule has 0 aromatic heterocycles. The molecule has 0 bridgehead atoms. The highest BCUT2D eigenvalue weighted by atomic mass is 32.2. The summed E-state index contributed by atoms with van der Waals surface area (Å²) in [5.74, 6) is 0. The molecule has 0 aliphatic carbocycles. The van der Waals surface area contributed by atoms with E-state index in [-0.39, 0.29) is 3.53 Å². The van der Waals surface area contributed by atoms with Crippen LogP contribution >= 0.6 is 12.2 Å². The monoisotopic (exact) mass is 312 g/mol. The lowest BCUT2D eigenvalue weighted by Crippen LogP contribution is -3.11. The fourth-order valence-electron chi connectivity index (χ4n) is 1.50. The van der Waals surface area contributed by atoms with E-state index in [1.807, 2.05) is 0 Å². The van der Waals surface area contributed by atoms with Crippen molar-refractivity contribution in [2.24, 2.45) is 0 Å². The summed E-state index contributed by atoms with van der Waals surface area (Å²) in [6.45, 7) is 21.0. The summed E-state index contributed by atoms with van der Waals surface area (Å²) in [6, 6.07) is 0. The zero-order valence-corrected chi connectivity index (χ0v) is 15.4. The maximum absolute atomic E-state index is 4.17. The fraction of sp³-hybridized carbons (Fsp3) is 0.923. The van der Waals surface area contributed by atoms with Crippen LogP contribution in [0.2, 0.25) is 0 Å².